The summed E-state index contributed by atoms with van der Waals surface area (Å²) >= 11 is 1.58. The molecule has 164 valence electrons. The number of aromatic nitrogens is 2. The summed E-state index contributed by atoms with van der Waals surface area (Å²) in [5.41, 5.74) is 1.37. The number of nitrogens with one attached hydrogen (secondary N) is 2. The van der Waals surface area contributed by atoms with Crippen molar-refractivity contribution in [2.75, 3.05) is 5.32 Å². The second kappa shape index (κ2) is 8.15. The van der Waals surface area contributed by atoms with Crippen molar-refractivity contribution in [2.24, 2.45) is 11.3 Å². The zero-order chi connectivity index (χ0) is 22.3. The first-order valence-electron chi connectivity index (χ1n) is 10.4. The highest BCUT2D eigenvalue weighted by atomic mass is 32.1. The highest BCUT2D eigenvalue weighted by Crippen LogP contribution is 2.41. The number of aromatic amines is 1. The van der Waals surface area contributed by atoms with Gasteiger partial charge in [0.25, 0.3) is 5.56 Å². The Kier molecular flexibility index (Phi) is 5.68. The molecule has 0 saturated heterocycles. The van der Waals surface area contributed by atoms with Crippen LogP contribution in [0.4, 0.5) is 14.5 Å². The van der Waals surface area contributed by atoms with Crippen LogP contribution in [0.25, 0.3) is 10.2 Å². The van der Waals surface area contributed by atoms with Crippen molar-refractivity contribution in [2.45, 2.75) is 52.9 Å². The summed E-state index contributed by atoms with van der Waals surface area (Å²) in [4.78, 5) is 34.3. The van der Waals surface area contributed by atoms with Crippen LogP contribution in [0.1, 0.15) is 49.9 Å². The summed E-state index contributed by atoms with van der Waals surface area (Å²) in [6, 6.07) is 3.19. The summed E-state index contributed by atoms with van der Waals surface area (Å²) in [6.45, 7) is 6.76. The van der Waals surface area contributed by atoms with Gasteiger partial charge in [-0.15, -0.1) is 11.3 Å². The third-order valence-electron chi connectivity index (χ3n) is 5.99. The van der Waals surface area contributed by atoms with Crippen molar-refractivity contribution >= 4 is 33.1 Å². The minimum atomic E-state index is -1.02. The lowest BCUT2D eigenvalue weighted by molar-refractivity contribution is -0.116. The molecule has 5 nitrogen and oxygen atoms in total. The van der Waals surface area contributed by atoms with Gasteiger partial charge in [-0.2, -0.15) is 0 Å². The summed E-state index contributed by atoms with van der Waals surface area (Å²) in [7, 11) is 0. The van der Waals surface area contributed by atoms with Gasteiger partial charge in [-0.25, -0.2) is 13.8 Å². The van der Waals surface area contributed by atoms with E-state index in [-0.39, 0.29) is 35.4 Å². The number of hydrogen-bond acceptors (Lipinski definition) is 4. The monoisotopic (exact) mass is 445 g/mol. The SMILES string of the molecule is CC(C)(C)[C@@H]1CCc2c(sc3nc(CCC(=O)Nc4ccc(F)c(F)c4)[nH]c(=O)c23)C1. The Morgan fingerprint density at radius 1 is 1.29 bits per heavy atom. The maximum absolute atomic E-state index is 13.3. The fourth-order valence-corrected chi connectivity index (χ4v) is 5.43. The molecule has 0 aliphatic heterocycles. The molecule has 1 atom stereocenters. The molecule has 0 radical (unpaired) electrons. The van der Waals surface area contributed by atoms with Crippen molar-refractivity contribution in [3.8, 4) is 0 Å². The average molecular weight is 446 g/mol. The third kappa shape index (κ3) is 4.54. The van der Waals surface area contributed by atoms with E-state index in [0.29, 0.717) is 17.1 Å². The van der Waals surface area contributed by atoms with Gasteiger partial charge in [0, 0.05) is 29.5 Å². The van der Waals surface area contributed by atoms with Crippen molar-refractivity contribution in [1.82, 2.24) is 9.97 Å². The largest absolute Gasteiger partial charge is 0.326 e. The van der Waals surface area contributed by atoms with Crippen LogP contribution < -0.4 is 10.9 Å². The second-order valence-corrected chi connectivity index (χ2v) is 10.3. The minimum absolute atomic E-state index is 0.0601. The second-order valence-electron chi connectivity index (χ2n) is 9.18. The molecule has 1 aliphatic carbocycles. The van der Waals surface area contributed by atoms with E-state index < -0.39 is 11.6 Å². The number of H-pyrrole nitrogens is 1. The Hall–Kier alpha value is -2.61. The van der Waals surface area contributed by atoms with Gasteiger partial charge in [0.2, 0.25) is 5.91 Å². The molecule has 4 rings (SSSR count). The maximum atomic E-state index is 13.3. The highest BCUT2D eigenvalue weighted by Gasteiger charge is 2.31. The predicted molar refractivity (Wildman–Crippen MR) is 119 cm³/mol. The van der Waals surface area contributed by atoms with Gasteiger partial charge in [0.15, 0.2) is 11.6 Å². The zero-order valence-electron chi connectivity index (χ0n) is 17.8. The zero-order valence-corrected chi connectivity index (χ0v) is 18.6. The molecule has 2 N–H and O–H groups in total. The van der Waals surface area contributed by atoms with Gasteiger partial charge in [-0.05, 0) is 48.3 Å². The topological polar surface area (TPSA) is 74.8 Å². The molecule has 1 aromatic carbocycles. The van der Waals surface area contributed by atoms with Gasteiger partial charge < -0.3 is 10.3 Å². The minimum Gasteiger partial charge on any atom is -0.326 e. The normalized spacial score (nSPS) is 16.4. The number of hydrogen-bond donors (Lipinski definition) is 2. The molecule has 2 heterocycles. The molecule has 0 fully saturated rings. The average Bonchev–Trinajstić information content (AvgIpc) is 3.06. The number of anilines is 1. The van der Waals surface area contributed by atoms with E-state index in [9.17, 15) is 18.4 Å². The van der Waals surface area contributed by atoms with Gasteiger partial charge in [-0.1, -0.05) is 20.8 Å². The first kappa shape index (κ1) is 21.6. The number of benzene rings is 1. The van der Waals surface area contributed by atoms with Crippen LogP contribution >= 0.6 is 11.3 Å². The number of amides is 1. The number of rotatable bonds is 4. The molecule has 1 amide bonds. The van der Waals surface area contributed by atoms with Crippen molar-refractivity contribution in [3.05, 3.63) is 56.5 Å². The number of nitrogens with zero attached hydrogens (tertiary/aromatic N) is 1. The van der Waals surface area contributed by atoms with E-state index in [0.717, 1.165) is 41.8 Å². The van der Waals surface area contributed by atoms with E-state index >= 15 is 0 Å². The fraction of sp³-hybridized carbons (Fsp3) is 0.435. The molecule has 0 unspecified atom stereocenters. The number of carbonyl (C=O) groups is 1. The number of fused-ring (bicyclic) bond motifs is 3. The standard InChI is InChI=1S/C23H25F2N3O2S/c1-23(2,3)12-4-6-14-17(10-12)31-22-20(14)21(30)27-18(28-22)8-9-19(29)26-13-5-7-15(24)16(25)11-13/h5,7,11-12H,4,6,8-10H2,1-3H3,(H,26,29)(H,27,28,30)/t12-/m1/s1. The lowest BCUT2D eigenvalue weighted by Crippen LogP contribution is -2.26. The lowest BCUT2D eigenvalue weighted by atomic mass is 9.72. The van der Waals surface area contributed by atoms with E-state index in [4.69, 9.17) is 0 Å². The van der Waals surface area contributed by atoms with E-state index in [1.165, 1.54) is 10.9 Å². The summed E-state index contributed by atoms with van der Waals surface area (Å²) in [5.74, 6) is -1.34. The molecule has 0 bridgehead atoms. The van der Waals surface area contributed by atoms with Crippen LogP contribution in [-0.4, -0.2) is 15.9 Å². The quantitative estimate of drug-likeness (QED) is 0.594. The summed E-state index contributed by atoms with van der Waals surface area (Å²) in [5, 5.41) is 3.21. The van der Waals surface area contributed by atoms with Gasteiger partial charge in [-0.3, -0.25) is 9.59 Å². The van der Waals surface area contributed by atoms with Gasteiger partial charge in [0.1, 0.15) is 10.7 Å². The molecule has 1 aliphatic rings. The highest BCUT2D eigenvalue weighted by molar-refractivity contribution is 7.18. The molecule has 0 saturated carbocycles. The number of aryl methyl sites for hydroxylation is 2. The van der Waals surface area contributed by atoms with Crippen LogP contribution in [0.15, 0.2) is 23.0 Å². The van der Waals surface area contributed by atoms with Gasteiger partial charge >= 0.3 is 0 Å². The van der Waals surface area contributed by atoms with Gasteiger partial charge in [0.05, 0.1) is 5.39 Å². The molecular formula is C23H25F2N3O2S. The van der Waals surface area contributed by atoms with Crippen LogP contribution in [0, 0.1) is 23.0 Å². The van der Waals surface area contributed by atoms with Crippen molar-refractivity contribution in [3.63, 3.8) is 0 Å². The van der Waals surface area contributed by atoms with Crippen LogP contribution in [0.3, 0.4) is 0 Å². The van der Waals surface area contributed by atoms with Crippen LogP contribution in [0.5, 0.6) is 0 Å². The summed E-state index contributed by atoms with van der Waals surface area (Å²) in [6.07, 6.45) is 3.22. The maximum Gasteiger partial charge on any atom is 0.259 e. The third-order valence-corrected chi connectivity index (χ3v) is 7.13. The molecular weight excluding hydrogens is 420 g/mol. The number of thiophene rings is 1. The molecule has 31 heavy (non-hydrogen) atoms. The number of halogens is 2. The predicted octanol–water partition coefficient (Wildman–Crippen LogP) is 4.99. The molecule has 2 aromatic heterocycles. The smallest absolute Gasteiger partial charge is 0.259 e. The first-order valence-corrected chi connectivity index (χ1v) is 11.2. The summed E-state index contributed by atoms with van der Waals surface area (Å²) < 4.78 is 26.3. The molecule has 3 aromatic rings. The Morgan fingerprint density at radius 2 is 2.06 bits per heavy atom. The number of carbonyl (C=O) groups excluding carboxylic acids is 1. The lowest BCUT2D eigenvalue weighted by Gasteiger charge is -2.33. The fourth-order valence-electron chi connectivity index (χ4n) is 4.12. The van der Waals surface area contributed by atoms with E-state index in [1.807, 2.05) is 0 Å². The van der Waals surface area contributed by atoms with Crippen LogP contribution in [-0.2, 0) is 24.1 Å². The first-order chi connectivity index (χ1) is 14.6. The van der Waals surface area contributed by atoms with Crippen molar-refractivity contribution < 1.29 is 13.6 Å². The Labute approximate surface area is 182 Å². The Bertz CT molecular complexity index is 1210. The van der Waals surface area contributed by atoms with E-state index in [1.54, 1.807) is 11.3 Å². The van der Waals surface area contributed by atoms with Crippen molar-refractivity contribution in [1.29, 1.82) is 0 Å². The Balaban J connectivity index is 1.48. The Morgan fingerprint density at radius 3 is 2.77 bits per heavy atom. The van der Waals surface area contributed by atoms with E-state index in [2.05, 4.69) is 36.1 Å². The molecule has 0 spiro atoms. The molecule has 8 heteroatoms. The van der Waals surface area contributed by atoms with Crippen LogP contribution in [0.2, 0.25) is 0 Å².